The number of rotatable bonds is 7. The summed E-state index contributed by atoms with van der Waals surface area (Å²) in [5, 5.41) is 10.6. The van der Waals surface area contributed by atoms with Crippen molar-refractivity contribution in [3.05, 3.63) is 23.3 Å². The lowest BCUT2D eigenvalue weighted by atomic mass is 9.90. The second kappa shape index (κ2) is 8.02. The highest BCUT2D eigenvalue weighted by molar-refractivity contribution is 6.06. The molecule has 1 N–H and O–H groups in total. The van der Waals surface area contributed by atoms with E-state index in [9.17, 15) is 5.11 Å². The Labute approximate surface area is 146 Å². The number of fused-ring (bicyclic) bond motifs is 1. The second-order valence-corrected chi connectivity index (χ2v) is 7.62. The minimum absolute atomic E-state index is 0.293. The summed E-state index contributed by atoms with van der Waals surface area (Å²) in [5.41, 5.74) is 2.59. The Kier molecular flexibility index (Phi) is 6.27. The number of likely N-dealkylation sites (N-methyl/N-ethyl adjacent to an activating group) is 1. The molecule has 134 valence electrons. The third-order valence-corrected chi connectivity index (χ3v) is 4.33. The first-order chi connectivity index (χ1) is 11.3. The fourth-order valence-electron chi connectivity index (χ4n) is 3.10. The quantitative estimate of drug-likeness (QED) is 0.767. The smallest absolute Gasteiger partial charge is 0.133 e. The number of phenols is 1. The summed E-state index contributed by atoms with van der Waals surface area (Å²) in [5.74, 6) is 1.08. The Morgan fingerprint density at radius 2 is 2.00 bits per heavy atom. The molecular weight excluding hydrogens is 300 g/mol. The lowest BCUT2D eigenvalue weighted by Crippen LogP contribution is -2.36. The molecule has 0 bridgehead atoms. The zero-order valence-electron chi connectivity index (χ0n) is 15.9. The number of aliphatic imine (C=N–C) groups is 1. The number of aryl methyl sites for hydroxylation is 1. The average Bonchev–Trinajstić information content (AvgIpc) is 2.45. The largest absolute Gasteiger partial charge is 0.507 e. The molecule has 0 atom stereocenters. The van der Waals surface area contributed by atoms with Crippen LogP contribution >= 0.6 is 0 Å². The van der Waals surface area contributed by atoms with Gasteiger partial charge in [-0.05, 0) is 58.5 Å². The molecule has 0 saturated carbocycles. The van der Waals surface area contributed by atoms with Gasteiger partial charge in [0.05, 0.1) is 17.8 Å². The van der Waals surface area contributed by atoms with Crippen molar-refractivity contribution in [1.29, 1.82) is 0 Å². The lowest BCUT2D eigenvalue weighted by molar-refractivity contribution is 0.110. The van der Waals surface area contributed by atoms with E-state index in [1.165, 1.54) is 12.8 Å². The van der Waals surface area contributed by atoms with Crippen LogP contribution in [0.25, 0.3) is 0 Å². The average molecular weight is 332 g/mol. The zero-order valence-corrected chi connectivity index (χ0v) is 15.9. The summed E-state index contributed by atoms with van der Waals surface area (Å²) < 4.78 is 6.15. The lowest BCUT2D eigenvalue weighted by Gasteiger charge is -2.34. The number of benzene rings is 1. The van der Waals surface area contributed by atoms with E-state index in [0.29, 0.717) is 5.75 Å². The van der Waals surface area contributed by atoms with Gasteiger partial charge in [0.15, 0.2) is 0 Å². The van der Waals surface area contributed by atoms with Crippen LogP contribution in [0.3, 0.4) is 0 Å². The normalized spacial score (nSPS) is 17.8. The maximum absolute atomic E-state index is 10.6. The van der Waals surface area contributed by atoms with Crippen molar-refractivity contribution >= 4 is 5.71 Å². The molecule has 24 heavy (non-hydrogen) atoms. The third kappa shape index (κ3) is 4.97. The van der Waals surface area contributed by atoms with E-state index in [1.54, 1.807) is 0 Å². The minimum Gasteiger partial charge on any atom is -0.507 e. The fourth-order valence-corrected chi connectivity index (χ4v) is 3.10. The molecule has 1 heterocycles. The number of hydrogen-bond acceptors (Lipinski definition) is 4. The van der Waals surface area contributed by atoms with Crippen LogP contribution in [-0.4, -0.2) is 48.5 Å². The Bertz CT molecular complexity index is 592. The monoisotopic (exact) mass is 332 g/mol. The van der Waals surface area contributed by atoms with Gasteiger partial charge in [-0.1, -0.05) is 19.8 Å². The van der Waals surface area contributed by atoms with Crippen molar-refractivity contribution in [2.75, 3.05) is 27.2 Å². The van der Waals surface area contributed by atoms with Gasteiger partial charge in [-0.15, -0.1) is 0 Å². The molecule has 0 amide bonds. The van der Waals surface area contributed by atoms with Gasteiger partial charge in [0.25, 0.3) is 0 Å². The standard InChI is InChI=1S/C20H32N2O2/c1-6-7-8-9-15-12-17(23)19-16(21-10-11-22(4)5)14-20(2,3)24-18(19)13-15/h12-13,23H,6-11,14H2,1-5H3. The van der Waals surface area contributed by atoms with Crippen molar-refractivity contribution in [3.8, 4) is 11.5 Å². The van der Waals surface area contributed by atoms with E-state index in [-0.39, 0.29) is 5.60 Å². The number of nitrogens with zero attached hydrogens (tertiary/aromatic N) is 2. The van der Waals surface area contributed by atoms with Crippen molar-refractivity contribution in [1.82, 2.24) is 4.90 Å². The first-order valence-electron chi connectivity index (χ1n) is 9.05. The van der Waals surface area contributed by atoms with Crippen LogP contribution in [0.5, 0.6) is 11.5 Å². The topological polar surface area (TPSA) is 45.1 Å². The number of unbranched alkanes of at least 4 members (excludes halogenated alkanes) is 2. The summed E-state index contributed by atoms with van der Waals surface area (Å²) in [6.07, 6.45) is 5.24. The van der Waals surface area contributed by atoms with Gasteiger partial charge < -0.3 is 14.7 Å². The predicted octanol–water partition coefficient (Wildman–Crippen LogP) is 4.04. The van der Waals surface area contributed by atoms with E-state index in [1.807, 2.05) is 20.2 Å². The Morgan fingerprint density at radius 3 is 2.67 bits per heavy atom. The number of hydrogen-bond donors (Lipinski definition) is 1. The third-order valence-electron chi connectivity index (χ3n) is 4.33. The van der Waals surface area contributed by atoms with Crippen molar-refractivity contribution in [2.24, 2.45) is 4.99 Å². The van der Waals surface area contributed by atoms with Gasteiger partial charge in [0, 0.05) is 13.0 Å². The number of ether oxygens (including phenoxy) is 1. The van der Waals surface area contributed by atoms with Gasteiger partial charge >= 0.3 is 0 Å². The van der Waals surface area contributed by atoms with E-state index in [2.05, 4.69) is 31.7 Å². The highest BCUT2D eigenvalue weighted by Crippen LogP contribution is 2.39. The molecule has 0 radical (unpaired) electrons. The van der Waals surface area contributed by atoms with Crippen molar-refractivity contribution in [2.45, 2.75) is 58.5 Å². The van der Waals surface area contributed by atoms with Crippen LogP contribution < -0.4 is 4.74 Å². The van der Waals surface area contributed by atoms with Gasteiger partial charge in [-0.25, -0.2) is 0 Å². The van der Waals surface area contributed by atoms with Crippen LogP contribution in [0, 0.1) is 0 Å². The van der Waals surface area contributed by atoms with Gasteiger partial charge in [-0.2, -0.15) is 0 Å². The summed E-state index contributed by atoms with van der Waals surface area (Å²) in [6, 6.07) is 3.98. The Balaban J connectivity index is 2.30. The van der Waals surface area contributed by atoms with Crippen molar-refractivity contribution in [3.63, 3.8) is 0 Å². The van der Waals surface area contributed by atoms with Crippen LogP contribution in [-0.2, 0) is 6.42 Å². The van der Waals surface area contributed by atoms with Crippen LogP contribution in [0.15, 0.2) is 17.1 Å². The molecule has 0 fully saturated rings. The van der Waals surface area contributed by atoms with E-state index in [0.717, 1.165) is 54.9 Å². The highest BCUT2D eigenvalue weighted by Gasteiger charge is 2.33. The van der Waals surface area contributed by atoms with Crippen LogP contribution in [0.4, 0.5) is 0 Å². The molecular formula is C20H32N2O2. The molecule has 0 aromatic heterocycles. The summed E-state index contributed by atoms with van der Waals surface area (Å²) in [4.78, 5) is 6.88. The molecule has 4 nitrogen and oxygen atoms in total. The van der Waals surface area contributed by atoms with Crippen molar-refractivity contribution < 1.29 is 9.84 Å². The van der Waals surface area contributed by atoms with E-state index < -0.39 is 0 Å². The molecule has 0 unspecified atom stereocenters. The molecule has 1 aliphatic rings. The SMILES string of the molecule is CCCCCc1cc(O)c2c(c1)OC(C)(C)CC2=NCCN(C)C. The molecule has 4 heteroatoms. The summed E-state index contributed by atoms with van der Waals surface area (Å²) >= 11 is 0. The predicted molar refractivity (Wildman–Crippen MR) is 101 cm³/mol. The van der Waals surface area contributed by atoms with E-state index in [4.69, 9.17) is 9.73 Å². The maximum atomic E-state index is 10.6. The van der Waals surface area contributed by atoms with Gasteiger partial charge in [0.1, 0.15) is 17.1 Å². The molecule has 1 aromatic rings. The maximum Gasteiger partial charge on any atom is 0.133 e. The molecule has 0 saturated heterocycles. The molecule has 0 spiro atoms. The summed E-state index contributed by atoms with van der Waals surface area (Å²) in [6.45, 7) is 7.99. The van der Waals surface area contributed by atoms with Crippen LogP contribution in [0.1, 0.15) is 57.6 Å². The highest BCUT2D eigenvalue weighted by atomic mass is 16.5. The molecule has 1 aliphatic heterocycles. The Morgan fingerprint density at radius 1 is 1.25 bits per heavy atom. The van der Waals surface area contributed by atoms with Gasteiger partial charge in [0.2, 0.25) is 0 Å². The number of aromatic hydroxyl groups is 1. The van der Waals surface area contributed by atoms with Crippen LogP contribution in [0.2, 0.25) is 0 Å². The first kappa shape index (κ1) is 18.8. The fraction of sp³-hybridized carbons (Fsp3) is 0.650. The number of phenolic OH excluding ortho intramolecular Hbond substituents is 1. The molecule has 1 aromatic carbocycles. The summed E-state index contributed by atoms with van der Waals surface area (Å²) in [7, 11) is 4.09. The first-order valence-corrected chi connectivity index (χ1v) is 9.05. The van der Waals surface area contributed by atoms with E-state index >= 15 is 0 Å². The second-order valence-electron chi connectivity index (χ2n) is 7.62. The molecule has 0 aliphatic carbocycles. The van der Waals surface area contributed by atoms with Gasteiger partial charge in [-0.3, -0.25) is 4.99 Å². The Hall–Kier alpha value is -1.55. The minimum atomic E-state index is -0.293. The molecule has 2 rings (SSSR count). The zero-order chi connectivity index (χ0) is 17.7.